The maximum Gasteiger partial charge on any atom is 0.264 e. The van der Waals surface area contributed by atoms with Gasteiger partial charge in [0.05, 0.1) is 5.57 Å². The number of carbonyl (C=O) groups excluding carboxylic acids is 4. The van der Waals surface area contributed by atoms with Crippen molar-refractivity contribution in [3.63, 3.8) is 0 Å². The summed E-state index contributed by atoms with van der Waals surface area (Å²) in [5.41, 5.74) is 0.502. The van der Waals surface area contributed by atoms with Crippen molar-refractivity contribution in [2.75, 3.05) is 13.6 Å². The van der Waals surface area contributed by atoms with Crippen molar-refractivity contribution in [3.05, 3.63) is 36.1 Å². The molecule has 0 spiro atoms. The predicted octanol–water partition coefficient (Wildman–Crippen LogP) is 0.0547. The van der Waals surface area contributed by atoms with E-state index in [1.165, 1.54) is 13.1 Å². The summed E-state index contributed by atoms with van der Waals surface area (Å²) in [6, 6.07) is -1.05. The average molecular weight is 319 g/mol. The van der Waals surface area contributed by atoms with Crippen LogP contribution in [0.1, 0.15) is 19.8 Å². The van der Waals surface area contributed by atoms with Crippen molar-refractivity contribution in [3.8, 4) is 0 Å². The number of nitrogens with one attached hydrogen (secondary N) is 2. The monoisotopic (exact) mass is 319 g/mol. The average Bonchev–Trinajstić information content (AvgIpc) is 2.76. The predicted molar refractivity (Wildman–Crippen MR) is 85.0 cm³/mol. The summed E-state index contributed by atoms with van der Waals surface area (Å²) in [5.74, 6) is -1.76. The zero-order chi connectivity index (χ0) is 17.6. The number of rotatable bonds is 8. The highest BCUT2D eigenvalue weighted by Gasteiger charge is 2.45. The number of carbonyl (C=O) groups is 4. The summed E-state index contributed by atoms with van der Waals surface area (Å²) < 4.78 is 0. The Labute approximate surface area is 135 Å². The zero-order valence-electron chi connectivity index (χ0n) is 13.3. The molecule has 1 aliphatic rings. The van der Waals surface area contributed by atoms with E-state index in [9.17, 15) is 19.2 Å². The SMILES string of the molecule is C=C/C(NCC)=C1\C(=C)C(=O)N(C(CCC=O)C(=O)NC)C1=O. The zero-order valence-corrected chi connectivity index (χ0v) is 13.3. The number of amides is 3. The fraction of sp³-hybridized carbons (Fsp3) is 0.375. The Kier molecular flexibility index (Phi) is 6.44. The van der Waals surface area contributed by atoms with Gasteiger partial charge >= 0.3 is 0 Å². The summed E-state index contributed by atoms with van der Waals surface area (Å²) in [7, 11) is 1.40. The number of likely N-dealkylation sites (tertiary alicyclic amines) is 1. The lowest BCUT2D eigenvalue weighted by Crippen LogP contribution is -2.48. The van der Waals surface area contributed by atoms with E-state index in [0.29, 0.717) is 18.5 Å². The van der Waals surface area contributed by atoms with Crippen molar-refractivity contribution in [2.24, 2.45) is 0 Å². The molecule has 0 bridgehead atoms. The molecular formula is C16H21N3O4. The quantitative estimate of drug-likeness (QED) is 0.374. The molecule has 1 rings (SSSR count). The lowest BCUT2D eigenvalue weighted by molar-refractivity contribution is -0.145. The first-order chi connectivity index (χ1) is 10.9. The van der Waals surface area contributed by atoms with Gasteiger partial charge in [0.2, 0.25) is 5.91 Å². The van der Waals surface area contributed by atoms with Crippen LogP contribution >= 0.6 is 0 Å². The van der Waals surface area contributed by atoms with Gasteiger partial charge in [0, 0.05) is 31.3 Å². The normalized spacial score (nSPS) is 17.8. The number of hydrogen-bond donors (Lipinski definition) is 2. The summed E-state index contributed by atoms with van der Waals surface area (Å²) >= 11 is 0. The molecule has 1 heterocycles. The first kappa shape index (κ1) is 18.3. The Hall–Kier alpha value is -2.70. The molecular weight excluding hydrogens is 298 g/mol. The van der Waals surface area contributed by atoms with E-state index in [4.69, 9.17) is 0 Å². The Morgan fingerprint density at radius 1 is 1.35 bits per heavy atom. The Balaban J connectivity index is 3.31. The molecule has 7 nitrogen and oxygen atoms in total. The molecule has 1 aliphatic heterocycles. The van der Waals surface area contributed by atoms with Gasteiger partial charge in [-0.25, -0.2) is 0 Å². The molecule has 124 valence electrons. The third kappa shape index (κ3) is 3.56. The highest BCUT2D eigenvalue weighted by Crippen LogP contribution is 2.29. The van der Waals surface area contributed by atoms with Crippen molar-refractivity contribution in [1.82, 2.24) is 15.5 Å². The van der Waals surface area contributed by atoms with Gasteiger partial charge in [-0.3, -0.25) is 19.3 Å². The first-order valence-corrected chi connectivity index (χ1v) is 7.27. The van der Waals surface area contributed by atoms with E-state index in [1.54, 1.807) is 0 Å². The molecule has 23 heavy (non-hydrogen) atoms. The van der Waals surface area contributed by atoms with Crippen molar-refractivity contribution >= 4 is 24.0 Å². The van der Waals surface area contributed by atoms with Crippen LogP contribution < -0.4 is 10.6 Å². The maximum atomic E-state index is 12.7. The molecule has 1 saturated heterocycles. The minimum absolute atomic E-state index is 0.00542. The van der Waals surface area contributed by atoms with Crippen LogP contribution in [0.15, 0.2) is 36.1 Å². The van der Waals surface area contributed by atoms with Gasteiger partial charge in [-0.05, 0) is 19.4 Å². The van der Waals surface area contributed by atoms with Gasteiger partial charge in [0.25, 0.3) is 11.8 Å². The summed E-state index contributed by atoms with van der Waals surface area (Å²) in [6.07, 6.45) is 2.19. The van der Waals surface area contributed by atoms with E-state index in [-0.39, 0.29) is 24.0 Å². The molecule has 0 aliphatic carbocycles. The standard InChI is InChI=1S/C16H21N3O4/c1-5-11(18-6-2)13-10(3)15(22)19(16(13)23)12(8-7-9-20)14(21)17-4/h5,9,12,18H,1,3,6-8H2,2,4H3,(H,17,21)/b13-11-. The van der Waals surface area contributed by atoms with Gasteiger partial charge in [-0.15, -0.1) is 0 Å². The van der Waals surface area contributed by atoms with Gasteiger partial charge < -0.3 is 15.4 Å². The van der Waals surface area contributed by atoms with Crippen molar-refractivity contribution < 1.29 is 19.2 Å². The van der Waals surface area contributed by atoms with Crippen LogP contribution in [0.3, 0.4) is 0 Å². The smallest absolute Gasteiger partial charge is 0.264 e. The second-order valence-corrected chi connectivity index (χ2v) is 4.86. The van der Waals surface area contributed by atoms with Crippen molar-refractivity contribution in [2.45, 2.75) is 25.8 Å². The number of aldehydes is 1. The molecule has 1 atom stereocenters. The molecule has 0 aromatic rings. The third-order valence-electron chi connectivity index (χ3n) is 3.47. The molecule has 2 N–H and O–H groups in total. The molecule has 0 radical (unpaired) electrons. The van der Waals surface area contributed by atoms with Gasteiger partial charge in [-0.2, -0.15) is 0 Å². The molecule has 0 saturated carbocycles. The highest BCUT2D eigenvalue weighted by atomic mass is 16.2. The Bertz CT molecular complexity index is 592. The van der Waals surface area contributed by atoms with Gasteiger partial charge in [0.1, 0.15) is 12.3 Å². The minimum Gasteiger partial charge on any atom is -0.385 e. The largest absolute Gasteiger partial charge is 0.385 e. The summed E-state index contributed by atoms with van der Waals surface area (Å²) in [6.45, 7) is 9.65. The molecule has 0 aromatic carbocycles. The van der Waals surface area contributed by atoms with E-state index in [1.807, 2.05) is 6.92 Å². The Morgan fingerprint density at radius 3 is 2.48 bits per heavy atom. The van der Waals surface area contributed by atoms with E-state index in [2.05, 4.69) is 23.8 Å². The molecule has 3 amide bonds. The number of nitrogens with zero attached hydrogens (tertiary/aromatic N) is 1. The molecule has 1 fully saturated rings. The summed E-state index contributed by atoms with van der Waals surface area (Å²) in [5, 5.41) is 5.35. The molecule has 0 aromatic heterocycles. The van der Waals surface area contributed by atoms with Crippen LogP contribution in [0, 0.1) is 0 Å². The van der Waals surface area contributed by atoms with Gasteiger partial charge in [0.15, 0.2) is 0 Å². The second kappa shape index (κ2) is 8.07. The van der Waals surface area contributed by atoms with Crippen LogP contribution in [0.2, 0.25) is 0 Å². The van der Waals surface area contributed by atoms with E-state index in [0.717, 1.165) is 4.90 Å². The van der Waals surface area contributed by atoms with E-state index >= 15 is 0 Å². The fourth-order valence-corrected chi connectivity index (χ4v) is 2.38. The lowest BCUT2D eigenvalue weighted by Gasteiger charge is -2.23. The maximum absolute atomic E-state index is 12.7. The molecule has 1 unspecified atom stereocenters. The van der Waals surface area contributed by atoms with Crippen LogP contribution in [0.4, 0.5) is 0 Å². The van der Waals surface area contributed by atoms with Crippen LogP contribution in [-0.2, 0) is 19.2 Å². The number of hydrogen-bond acceptors (Lipinski definition) is 5. The topological polar surface area (TPSA) is 95.6 Å². The third-order valence-corrected chi connectivity index (χ3v) is 3.47. The van der Waals surface area contributed by atoms with Crippen LogP contribution in [-0.4, -0.2) is 48.5 Å². The van der Waals surface area contributed by atoms with Gasteiger partial charge in [-0.1, -0.05) is 13.2 Å². The number of allylic oxidation sites excluding steroid dienone is 1. The second-order valence-electron chi connectivity index (χ2n) is 4.86. The first-order valence-electron chi connectivity index (χ1n) is 7.27. The minimum atomic E-state index is -1.05. The summed E-state index contributed by atoms with van der Waals surface area (Å²) in [4.78, 5) is 48.6. The number of likely N-dealkylation sites (N-methyl/N-ethyl adjacent to an activating group) is 2. The molecule has 7 heteroatoms. The fourth-order valence-electron chi connectivity index (χ4n) is 2.38. The number of imide groups is 1. The van der Waals surface area contributed by atoms with Crippen LogP contribution in [0.5, 0.6) is 0 Å². The van der Waals surface area contributed by atoms with Crippen molar-refractivity contribution in [1.29, 1.82) is 0 Å². The van der Waals surface area contributed by atoms with E-state index < -0.39 is 23.8 Å². The lowest BCUT2D eigenvalue weighted by atomic mass is 10.1. The highest BCUT2D eigenvalue weighted by molar-refractivity contribution is 6.26. The van der Waals surface area contributed by atoms with Crippen LogP contribution in [0.25, 0.3) is 0 Å². The Morgan fingerprint density at radius 2 is 2.00 bits per heavy atom.